The molecule has 1 aromatic rings. The molecule has 1 heterocycles. The number of ether oxygens (including phenoxy) is 1. The van der Waals surface area contributed by atoms with Gasteiger partial charge in [0.1, 0.15) is 0 Å². The Morgan fingerprint density at radius 3 is 2.68 bits per heavy atom. The average molecular weight is 425 g/mol. The van der Waals surface area contributed by atoms with Crippen LogP contribution < -0.4 is 15.4 Å². The number of nitrogens with one attached hydrogen (secondary N) is 3. The van der Waals surface area contributed by atoms with Crippen LogP contribution in [0.4, 0.5) is 5.82 Å². The fourth-order valence-corrected chi connectivity index (χ4v) is 2.98. The molecule has 1 amide bonds. The Hall–Kier alpha value is -3.22. The van der Waals surface area contributed by atoms with E-state index < -0.39 is 5.92 Å². The van der Waals surface area contributed by atoms with E-state index in [0.717, 1.165) is 25.7 Å². The standard InChI is InChI=1S/C24H32N4O3/c1-5-7-8-11-26-24(30)17-13-21(31-12-6-2)23(27-15-17)28-18-9-10-19(20(25)14-18)22(29)16(3)4/h9-10,13-15,19,25H,3,5-8,11-12H2,1-2,4H3,(H,26,30)(H,27,28). The van der Waals surface area contributed by atoms with Crippen LogP contribution >= 0.6 is 0 Å². The number of amides is 1. The molecular weight excluding hydrogens is 392 g/mol. The normalized spacial score (nSPS) is 15.3. The molecular formula is C24H32N4O3. The summed E-state index contributed by atoms with van der Waals surface area (Å²) in [5.74, 6) is -0.0638. The number of rotatable bonds is 12. The van der Waals surface area contributed by atoms with E-state index in [4.69, 9.17) is 10.1 Å². The molecule has 0 radical (unpaired) electrons. The lowest BCUT2D eigenvalue weighted by atomic mass is 9.90. The van der Waals surface area contributed by atoms with Crippen molar-refractivity contribution in [1.29, 1.82) is 5.41 Å². The Kier molecular flexibility index (Phi) is 9.18. The molecule has 31 heavy (non-hydrogen) atoms. The van der Waals surface area contributed by atoms with Crippen molar-refractivity contribution in [2.75, 3.05) is 18.5 Å². The summed E-state index contributed by atoms with van der Waals surface area (Å²) in [7, 11) is 0. The summed E-state index contributed by atoms with van der Waals surface area (Å²) in [6.45, 7) is 10.5. The van der Waals surface area contributed by atoms with E-state index >= 15 is 0 Å². The quantitative estimate of drug-likeness (QED) is 0.340. The van der Waals surface area contributed by atoms with Gasteiger partial charge in [-0.3, -0.25) is 9.59 Å². The highest BCUT2D eigenvalue weighted by molar-refractivity contribution is 6.16. The molecule has 7 nitrogen and oxygen atoms in total. The van der Waals surface area contributed by atoms with Gasteiger partial charge in [-0.15, -0.1) is 0 Å². The number of hydrogen-bond acceptors (Lipinski definition) is 6. The van der Waals surface area contributed by atoms with E-state index in [1.54, 1.807) is 31.2 Å². The Bertz CT molecular complexity index is 902. The van der Waals surface area contributed by atoms with E-state index in [1.165, 1.54) is 6.20 Å². The average Bonchev–Trinajstić information content (AvgIpc) is 2.75. The summed E-state index contributed by atoms with van der Waals surface area (Å²) in [5.41, 5.74) is 1.64. The highest BCUT2D eigenvalue weighted by atomic mass is 16.5. The number of ketones is 1. The number of allylic oxidation sites excluding steroid dienone is 4. The van der Waals surface area contributed by atoms with Crippen LogP contribution in [0, 0.1) is 11.3 Å². The molecule has 0 aromatic carbocycles. The number of aromatic nitrogens is 1. The summed E-state index contributed by atoms with van der Waals surface area (Å²) < 4.78 is 5.80. The molecule has 3 N–H and O–H groups in total. The lowest BCUT2D eigenvalue weighted by Gasteiger charge is -2.19. The largest absolute Gasteiger partial charge is 0.490 e. The van der Waals surface area contributed by atoms with Crippen molar-refractivity contribution in [3.63, 3.8) is 0 Å². The molecule has 2 rings (SSSR count). The molecule has 0 spiro atoms. The zero-order valence-electron chi connectivity index (χ0n) is 18.6. The Morgan fingerprint density at radius 2 is 2.03 bits per heavy atom. The highest BCUT2D eigenvalue weighted by Gasteiger charge is 2.23. The molecule has 0 fully saturated rings. The zero-order chi connectivity index (χ0) is 22.8. The molecule has 166 valence electrons. The highest BCUT2D eigenvalue weighted by Crippen LogP contribution is 2.26. The Balaban J connectivity index is 2.15. The van der Waals surface area contributed by atoms with Crippen molar-refractivity contribution in [3.8, 4) is 5.75 Å². The van der Waals surface area contributed by atoms with E-state index in [2.05, 4.69) is 29.1 Å². The van der Waals surface area contributed by atoms with Gasteiger partial charge in [0.15, 0.2) is 17.4 Å². The first kappa shape index (κ1) is 24.1. The maximum atomic E-state index is 12.4. The monoisotopic (exact) mass is 424 g/mol. The fraction of sp³-hybridized carbons (Fsp3) is 0.417. The SMILES string of the molecule is C=C(C)C(=O)C1C=CC(Nc2ncc(C(=O)NCCCCC)cc2OCCC)=CC1=N. The predicted molar refractivity (Wildman–Crippen MR) is 124 cm³/mol. The van der Waals surface area contributed by atoms with Crippen LogP contribution in [-0.4, -0.2) is 35.5 Å². The number of carbonyl (C=O) groups excluding carboxylic acids is 2. The molecule has 0 saturated carbocycles. The van der Waals surface area contributed by atoms with E-state index in [1.807, 2.05) is 6.92 Å². The van der Waals surface area contributed by atoms with Crippen LogP contribution in [-0.2, 0) is 4.79 Å². The van der Waals surface area contributed by atoms with Crippen LogP contribution in [0.1, 0.15) is 56.8 Å². The smallest absolute Gasteiger partial charge is 0.252 e. The van der Waals surface area contributed by atoms with Gasteiger partial charge in [0.05, 0.1) is 18.1 Å². The Morgan fingerprint density at radius 1 is 1.26 bits per heavy atom. The van der Waals surface area contributed by atoms with Crippen molar-refractivity contribution < 1.29 is 14.3 Å². The van der Waals surface area contributed by atoms with Crippen LogP contribution in [0.25, 0.3) is 0 Å². The van der Waals surface area contributed by atoms with Crippen LogP contribution in [0.2, 0.25) is 0 Å². The molecule has 7 heteroatoms. The van der Waals surface area contributed by atoms with Crippen LogP contribution in [0.15, 0.2) is 48.3 Å². The van der Waals surface area contributed by atoms with E-state index in [0.29, 0.717) is 41.6 Å². The predicted octanol–water partition coefficient (Wildman–Crippen LogP) is 4.44. The molecule has 1 aromatic heterocycles. The minimum absolute atomic E-state index is 0.170. The number of unbranched alkanes of at least 4 members (excludes halogenated alkanes) is 2. The second-order valence-corrected chi connectivity index (χ2v) is 7.54. The third-order valence-corrected chi connectivity index (χ3v) is 4.72. The van der Waals surface area contributed by atoms with Crippen molar-refractivity contribution in [2.45, 2.75) is 46.5 Å². The zero-order valence-corrected chi connectivity index (χ0v) is 18.6. The number of nitrogens with zero attached hydrogens (tertiary/aromatic N) is 1. The van der Waals surface area contributed by atoms with Gasteiger partial charge in [-0.05, 0) is 43.6 Å². The van der Waals surface area contributed by atoms with Gasteiger partial charge in [-0.25, -0.2) is 4.98 Å². The summed E-state index contributed by atoms with van der Waals surface area (Å²) in [6, 6.07) is 1.67. The molecule has 1 unspecified atom stereocenters. The van der Waals surface area contributed by atoms with Gasteiger partial charge in [0.25, 0.3) is 5.91 Å². The van der Waals surface area contributed by atoms with Crippen molar-refractivity contribution in [1.82, 2.24) is 10.3 Å². The number of Topliss-reactive ketones (excluding diaryl/α,β-unsaturated/α-hetero) is 1. The first-order valence-electron chi connectivity index (χ1n) is 10.7. The third-order valence-electron chi connectivity index (χ3n) is 4.72. The van der Waals surface area contributed by atoms with Crippen LogP contribution in [0.5, 0.6) is 5.75 Å². The fourth-order valence-electron chi connectivity index (χ4n) is 2.98. The minimum atomic E-state index is -0.620. The molecule has 0 bridgehead atoms. The summed E-state index contributed by atoms with van der Waals surface area (Å²) in [5, 5.41) is 14.2. The van der Waals surface area contributed by atoms with Gasteiger partial charge in [0, 0.05) is 24.2 Å². The molecule has 0 saturated heterocycles. The maximum absolute atomic E-state index is 12.4. The van der Waals surface area contributed by atoms with Crippen LogP contribution in [0.3, 0.4) is 0 Å². The topological polar surface area (TPSA) is 104 Å². The van der Waals surface area contributed by atoms with Gasteiger partial charge < -0.3 is 20.8 Å². The number of anilines is 1. The van der Waals surface area contributed by atoms with E-state index in [-0.39, 0.29) is 17.4 Å². The summed E-state index contributed by atoms with van der Waals surface area (Å²) >= 11 is 0. The number of carbonyl (C=O) groups is 2. The first-order chi connectivity index (χ1) is 14.9. The van der Waals surface area contributed by atoms with Crippen molar-refractivity contribution in [2.24, 2.45) is 5.92 Å². The second kappa shape index (κ2) is 11.8. The first-order valence-corrected chi connectivity index (χ1v) is 10.7. The molecule has 1 aliphatic rings. The summed E-state index contributed by atoms with van der Waals surface area (Å²) in [4.78, 5) is 28.9. The minimum Gasteiger partial charge on any atom is -0.490 e. The van der Waals surface area contributed by atoms with Crippen molar-refractivity contribution >= 4 is 23.2 Å². The number of pyridine rings is 1. The van der Waals surface area contributed by atoms with Crippen molar-refractivity contribution in [3.05, 3.63) is 53.9 Å². The summed E-state index contributed by atoms with van der Waals surface area (Å²) in [6.07, 6.45) is 10.4. The maximum Gasteiger partial charge on any atom is 0.252 e. The van der Waals surface area contributed by atoms with E-state index in [9.17, 15) is 9.59 Å². The number of hydrogen-bond donors (Lipinski definition) is 3. The molecule has 0 aliphatic heterocycles. The second-order valence-electron chi connectivity index (χ2n) is 7.54. The van der Waals surface area contributed by atoms with Gasteiger partial charge in [0.2, 0.25) is 0 Å². The van der Waals surface area contributed by atoms with Gasteiger partial charge in [-0.1, -0.05) is 39.3 Å². The van der Waals surface area contributed by atoms with Gasteiger partial charge >= 0.3 is 0 Å². The lowest BCUT2D eigenvalue weighted by Crippen LogP contribution is -2.25. The molecule has 1 aliphatic carbocycles. The third kappa shape index (κ3) is 6.91. The Labute approximate surface area is 184 Å². The lowest BCUT2D eigenvalue weighted by molar-refractivity contribution is -0.116. The molecule has 1 atom stereocenters. The van der Waals surface area contributed by atoms with Gasteiger partial charge in [-0.2, -0.15) is 0 Å².